The molecule has 0 aliphatic carbocycles. The predicted molar refractivity (Wildman–Crippen MR) is 38.9 cm³/mol. The second-order valence-electron chi connectivity index (χ2n) is 1.93. The smallest absolute Gasteiger partial charge is 0.135 e. The fraction of sp³-hybridized carbons (Fsp3) is 0.500. The van der Waals surface area contributed by atoms with Gasteiger partial charge in [-0.15, -0.1) is 6.42 Å². The maximum atomic E-state index is 8.95. The fourth-order valence-electron chi connectivity index (χ4n) is 0.565. The molecule has 0 saturated carbocycles. The number of aliphatic hydroxyl groups is 1. The minimum Gasteiger partial charge on any atom is -0.376 e. The first-order valence-corrected chi connectivity index (χ1v) is 3.03. The maximum Gasteiger partial charge on any atom is 0.135 e. The zero-order chi connectivity index (χ0) is 7.28. The third-order valence-electron chi connectivity index (χ3n) is 1.12. The topological polar surface area (TPSA) is 20.2 Å². The Morgan fingerprint density at radius 2 is 2.44 bits per heavy atom. The van der Waals surface area contributed by atoms with Crippen molar-refractivity contribution in [2.24, 2.45) is 0 Å². The summed E-state index contributed by atoms with van der Waals surface area (Å²) in [5, 5.41) is 8.95. The van der Waals surface area contributed by atoms with Crippen molar-refractivity contribution in [3.8, 4) is 12.3 Å². The molecule has 0 amide bonds. The van der Waals surface area contributed by atoms with E-state index >= 15 is 0 Å². The average Bonchev–Trinajstić information content (AvgIpc) is 1.87. The summed E-state index contributed by atoms with van der Waals surface area (Å²) in [7, 11) is 0. The summed E-state index contributed by atoms with van der Waals surface area (Å²) in [5.74, 6) is 2.24. The second kappa shape index (κ2) is 4.17. The van der Waals surface area contributed by atoms with Crippen LogP contribution in [0.15, 0.2) is 11.6 Å². The van der Waals surface area contributed by atoms with Crippen LogP contribution in [0.4, 0.5) is 0 Å². The van der Waals surface area contributed by atoms with E-state index in [1.165, 1.54) is 0 Å². The zero-order valence-electron chi connectivity index (χ0n) is 5.89. The van der Waals surface area contributed by atoms with Crippen molar-refractivity contribution in [2.75, 3.05) is 0 Å². The van der Waals surface area contributed by atoms with Crippen LogP contribution in [0.25, 0.3) is 0 Å². The van der Waals surface area contributed by atoms with Crippen LogP contribution in [0, 0.1) is 12.3 Å². The molecule has 0 unspecified atom stereocenters. The van der Waals surface area contributed by atoms with E-state index in [0.29, 0.717) is 0 Å². The summed E-state index contributed by atoms with van der Waals surface area (Å²) in [4.78, 5) is 0. The van der Waals surface area contributed by atoms with Gasteiger partial charge in [0.2, 0.25) is 0 Å². The molecule has 50 valence electrons. The largest absolute Gasteiger partial charge is 0.376 e. The summed E-state index contributed by atoms with van der Waals surface area (Å²) in [6.07, 6.45) is 7.11. The highest BCUT2D eigenvalue weighted by Gasteiger charge is 1.97. The lowest BCUT2D eigenvalue weighted by Gasteiger charge is -2.00. The van der Waals surface area contributed by atoms with E-state index in [4.69, 9.17) is 11.5 Å². The van der Waals surface area contributed by atoms with Gasteiger partial charge in [-0.2, -0.15) is 0 Å². The van der Waals surface area contributed by atoms with Gasteiger partial charge in [0, 0.05) is 0 Å². The Labute approximate surface area is 56.4 Å². The van der Waals surface area contributed by atoms with Crippen LogP contribution in [0.1, 0.15) is 20.3 Å². The van der Waals surface area contributed by atoms with Crippen LogP contribution in [-0.4, -0.2) is 11.2 Å². The van der Waals surface area contributed by atoms with Crippen LogP contribution in [-0.2, 0) is 0 Å². The molecule has 0 rings (SSSR count). The van der Waals surface area contributed by atoms with Crippen molar-refractivity contribution in [1.29, 1.82) is 0 Å². The standard InChI is InChI=1S/C8H12O/c1-4-6-7(3)8(9)5-2/h2,6,8-9H,4H2,1,3H3/b7-6+/t8-/m0/s1. The Kier molecular flexibility index (Phi) is 3.83. The maximum absolute atomic E-state index is 8.95. The molecule has 1 nitrogen and oxygen atoms in total. The lowest BCUT2D eigenvalue weighted by atomic mass is 10.1. The molecule has 0 fully saturated rings. The summed E-state index contributed by atoms with van der Waals surface area (Å²) in [5.41, 5.74) is 0.861. The molecule has 0 bridgehead atoms. The van der Waals surface area contributed by atoms with Crippen molar-refractivity contribution >= 4 is 0 Å². The lowest BCUT2D eigenvalue weighted by Crippen LogP contribution is -2.03. The molecule has 0 aromatic heterocycles. The van der Waals surface area contributed by atoms with Crippen LogP contribution in [0.3, 0.4) is 0 Å². The van der Waals surface area contributed by atoms with Gasteiger partial charge in [-0.25, -0.2) is 0 Å². The quantitative estimate of drug-likeness (QED) is 0.435. The monoisotopic (exact) mass is 124 g/mol. The molecule has 0 aromatic carbocycles. The molecule has 1 N–H and O–H groups in total. The predicted octanol–water partition coefficient (Wildman–Crippen LogP) is 1.34. The minimum absolute atomic E-state index is 0.690. The van der Waals surface area contributed by atoms with Gasteiger partial charge in [0.05, 0.1) is 0 Å². The Morgan fingerprint density at radius 3 is 2.78 bits per heavy atom. The lowest BCUT2D eigenvalue weighted by molar-refractivity contribution is 0.268. The summed E-state index contributed by atoms with van der Waals surface area (Å²) in [6.45, 7) is 3.83. The van der Waals surface area contributed by atoms with Gasteiger partial charge < -0.3 is 5.11 Å². The molecular weight excluding hydrogens is 112 g/mol. The average molecular weight is 124 g/mol. The normalized spacial score (nSPS) is 14.7. The molecular formula is C8H12O. The van der Waals surface area contributed by atoms with Gasteiger partial charge in [0.1, 0.15) is 6.10 Å². The van der Waals surface area contributed by atoms with Gasteiger partial charge in [-0.05, 0) is 18.9 Å². The molecule has 0 saturated heterocycles. The third kappa shape index (κ3) is 2.94. The molecule has 0 aliphatic rings. The van der Waals surface area contributed by atoms with Crippen molar-refractivity contribution in [1.82, 2.24) is 0 Å². The van der Waals surface area contributed by atoms with Crippen molar-refractivity contribution in [3.05, 3.63) is 11.6 Å². The van der Waals surface area contributed by atoms with Crippen LogP contribution < -0.4 is 0 Å². The first kappa shape index (κ1) is 8.26. The highest BCUT2D eigenvalue weighted by molar-refractivity contribution is 5.15. The summed E-state index contributed by atoms with van der Waals surface area (Å²) in [6, 6.07) is 0. The van der Waals surface area contributed by atoms with Gasteiger partial charge >= 0.3 is 0 Å². The van der Waals surface area contributed by atoms with Crippen molar-refractivity contribution < 1.29 is 5.11 Å². The van der Waals surface area contributed by atoms with E-state index < -0.39 is 6.10 Å². The number of aliphatic hydroxyl groups excluding tert-OH is 1. The van der Waals surface area contributed by atoms with Crippen molar-refractivity contribution in [3.63, 3.8) is 0 Å². The molecule has 0 spiro atoms. The number of hydrogen-bond donors (Lipinski definition) is 1. The van der Waals surface area contributed by atoms with E-state index in [-0.39, 0.29) is 0 Å². The number of allylic oxidation sites excluding steroid dienone is 1. The Morgan fingerprint density at radius 1 is 1.89 bits per heavy atom. The zero-order valence-corrected chi connectivity index (χ0v) is 5.89. The minimum atomic E-state index is -0.690. The summed E-state index contributed by atoms with van der Waals surface area (Å²) < 4.78 is 0. The molecule has 0 heterocycles. The number of terminal acetylenes is 1. The van der Waals surface area contributed by atoms with E-state index in [1.807, 2.05) is 19.9 Å². The first-order valence-electron chi connectivity index (χ1n) is 3.03. The first-order chi connectivity index (χ1) is 4.22. The van der Waals surface area contributed by atoms with Crippen LogP contribution >= 0.6 is 0 Å². The number of hydrogen-bond acceptors (Lipinski definition) is 1. The van der Waals surface area contributed by atoms with Crippen molar-refractivity contribution in [2.45, 2.75) is 26.4 Å². The second-order valence-corrected chi connectivity index (χ2v) is 1.93. The third-order valence-corrected chi connectivity index (χ3v) is 1.12. The van der Waals surface area contributed by atoms with Crippen LogP contribution in [0.2, 0.25) is 0 Å². The molecule has 0 aromatic rings. The molecule has 1 atom stereocenters. The SMILES string of the molecule is C#C[C@H](O)/C(C)=C/CC. The van der Waals surface area contributed by atoms with E-state index in [0.717, 1.165) is 12.0 Å². The Bertz CT molecular complexity index is 139. The number of rotatable bonds is 2. The summed E-state index contributed by atoms with van der Waals surface area (Å²) >= 11 is 0. The molecule has 0 aliphatic heterocycles. The van der Waals surface area contributed by atoms with E-state index in [2.05, 4.69) is 5.92 Å². The molecule has 0 radical (unpaired) electrons. The van der Waals surface area contributed by atoms with Gasteiger partial charge in [0.25, 0.3) is 0 Å². The Balaban J connectivity index is 3.89. The molecule has 9 heavy (non-hydrogen) atoms. The van der Waals surface area contributed by atoms with Gasteiger partial charge in [-0.1, -0.05) is 18.9 Å². The molecule has 1 heteroatoms. The van der Waals surface area contributed by atoms with E-state index in [1.54, 1.807) is 0 Å². The van der Waals surface area contributed by atoms with Gasteiger partial charge in [0.15, 0.2) is 0 Å². The van der Waals surface area contributed by atoms with E-state index in [9.17, 15) is 0 Å². The highest BCUT2D eigenvalue weighted by Crippen LogP contribution is 2.00. The van der Waals surface area contributed by atoms with Crippen LogP contribution in [0.5, 0.6) is 0 Å². The fourth-order valence-corrected chi connectivity index (χ4v) is 0.565. The Hall–Kier alpha value is -0.740. The highest BCUT2D eigenvalue weighted by atomic mass is 16.3. The van der Waals surface area contributed by atoms with Gasteiger partial charge in [-0.3, -0.25) is 0 Å².